The Bertz CT molecular complexity index is 792. The van der Waals surface area contributed by atoms with Crippen LogP contribution in [-0.2, 0) is 0 Å². The second kappa shape index (κ2) is 5.67. The summed E-state index contributed by atoms with van der Waals surface area (Å²) in [7, 11) is 1.75. The Morgan fingerprint density at radius 3 is 1.90 bits per heavy atom. The predicted octanol–water partition coefficient (Wildman–Crippen LogP) is 3.36. The number of benzene rings is 2. The van der Waals surface area contributed by atoms with Gasteiger partial charge >= 0.3 is 0 Å². The van der Waals surface area contributed by atoms with Gasteiger partial charge in [0.05, 0.1) is 5.69 Å². The van der Waals surface area contributed by atoms with Crippen molar-refractivity contribution in [2.75, 3.05) is 12.5 Å². The Hall–Kier alpha value is -2.81. The molecule has 0 spiro atoms. The molecule has 2 aromatic carbocycles. The number of hydrogen-bond donors (Lipinski definition) is 1. The summed E-state index contributed by atoms with van der Waals surface area (Å²) in [5.74, 6) is 0. The zero-order chi connectivity index (χ0) is 14.7. The maximum absolute atomic E-state index is 12.3. The van der Waals surface area contributed by atoms with E-state index in [0.717, 1.165) is 22.4 Å². The average molecular weight is 276 g/mol. The van der Waals surface area contributed by atoms with Crippen LogP contribution in [0.2, 0.25) is 0 Å². The van der Waals surface area contributed by atoms with Crippen LogP contribution in [0.5, 0.6) is 0 Å². The summed E-state index contributed by atoms with van der Waals surface area (Å²) in [6.07, 6.45) is 0. The molecule has 1 aromatic heterocycles. The molecule has 0 amide bonds. The molecule has 3 rings (SSSR count). The van der Waals surface area contributed by atoms with Gasteiger partial charge in [-0.15, -0.1) is 0 Å². The molecular weight excluding hydrogens is 260 g/mol. The van der Waals surface area contributed by atoms with Gasteiger partial charge in [-0.1, -0.05) is 60.7 Å². The van der Waals surface area contributed by atoms with E-state index in [2.05, 4.69) is 5.43 Å². The van der Waals surface area contributed by atoms with E-state index in [1.54, 1.807) is 17.8 Å². The lowest BCUT2D eigenvalue weighted by Gasteiger charge is -2.14. The first-order valence-corrected chi connectivity index (χ1v) is 6.85. The number of nitrogens with one attached hydrogen (secondary N) is 1. The summed E-state index contributed by atoms with van der Waals surface area (Å²) in [4.78, 5) is 12.3. The van der Waals surface area contributed by atoms with Gasteiger partial charge in [-0.05, 0) is 17.2 Å². The summed E-state index contributed by atoms with van der Waals surface area (Å²) in [5.41, 5.74) is 6.69. The summed E-state index contributed by atoms with van der Waals surface area (Å²) in [6, 6.07) is 23.5. The molecule has 0 fully saturated rings. The van der Waals surface area contributed by atoms with Crippen molar-refractivity contribution in [2.45, 2.75) is 0 Å². The van der Waals surface area contributed by atoms with Crippen LogP contribution in [0.3, 0.4) is 0 Å². The van der Waals surface area contributed by atoms with Crippen molar-refractivity contribution in [1.82, 2.24) is 4.68 Å². The third-order valence-electron chi connectivity index (χ3n) is 3.43. The lowest BCUT2D eigenvalue weighted by atomic mass is 10.0. The zero-order valence-electron chi connectivity index (χ0n) is 11.8. The van der Waals surface area contributed by atoms with Gasteiger partial charge in [-0.2, -0.15) is 0 Å². The molecule has 0 radical (unpaired) electrons. The Kier molecular flexibility index (Phi) is 3.56. The topological polar surface area (TPSA) is 34.0 Å². The average Bonchev–Trinajstić information content (AvgIpc) is 2.55. The van der Waals surface area contributed by atoms with Gasteiger partial charge in [0, 0.05) is 18.7 Å². The van der Waals surface area contributed by atoms with Crippen LogP contribution in [0.25, 0.3) is 22.4 Å². The van der Waals surface area contributed by atoms with Crippen molar-refractivity contribution in [3.63, 3.8) is 0 Å². The van der Waals surface area contributed by atoms with E-state index in [1.807, 2.05) is 66.7 Å². The normalized spacial score (nSPS) is 10.3. The van der Waals surface area contributed by atoms with Crippen molar-refractivity contribution in [2.24, 2.45) is 0 Å². The molecule has 0 aliphatic heterocycles. The van der Waals surface area contributed by atoms with Gasteiger partial charge < -0.3 is 5.43 Å². The molecule has 1 N–H and O–H groups in total. The molecule has 3 heteroatoms. The molecule has 3 nitrogen and oxygen atoms in total. The van der Waals surface area contributed by atoms with E-state index in [1.165, 1.54) is 0 Å². The van der Waals surface area contributed by atoms with Gasteiger partial charge in [0.2, 0.25) is 0 Å². The zero-order valence-corrected chi connectivity index (χ0v) is 11.8. The molecular formula is C18H16N2O. The molecule has 3 aromatic rings. The molecule has 21 heavy (non-hydrogen) atoms. The molecule has 0 aliphatic rings. The predicted molar refractivity (Wildman–Crippen MR) is 86.9 cm³/mol. The van der Waals surface area contributed by atoms with Crippen LogP contribution < -0.4 is 11.0 Å². The molecule has 104 valence electrons. The Balaban J connectivity index is 2.23. The molecule has 0 unspecified atom stereocenters. The van der Waals surface area contributed by atoms with Crippen LogP contribution in [0, 0.1) is 0 Å². The Morgan fingerprint density at radius 2 is 1.33 bits per heavy atom. The van der Waals surface area contributed by atoms with Crippen molar-refractivity contribution < 1.29 is 0 Å². The second-order valence-electron chi connectivity index (χ2n) is 4.76. The highest BCUT2D eigenvalue weighted by molar-refractivity contribution is 5.70. The maximum atomic E-state index is 12.3. The fourth-order valence-corrected chi connectivity index (χ4v) is 2.42. The van der Waals surface area contributed by atoms with Gasteiger partial charge in [-0.25, -0.2) is 4.68 Å². The molecule has 1 heterocycles. The monoisotopic (exact) mass is 276 g/mol. The fourth-order valence-electron chi connectivity index (χ4n) is 2.42. The SMILES string of the molecule is CNn1c(-c2ccccc2)cc(-c2ccccc2)cc1=O. The standard InChI is InChI=1S/C18H16N2O/c1-19-20-17(15-10-6-3-7-11-15)12-16(13-18(20)21)14-8-4-2-5-9-14/h2-13,19H,1H3. The van der Waals surface area contributed by atoms with Crippen LogP contribution >= 0.6 is 0 Å². The van der Waals surface area contributed by atoms with Crippen LogP contribution in [-0.4, -0.2) is 11.7 Å². The summed E-state index contributed by atoms with van der Waals surface area (Å²) < 4.78 is 1.56. The lowest BCUT2D eigenvalue weighted by molar-refractivity contribution is 0.883. The van der Waals surface area contributed by atoms with Gasteiger partial charge in [-0.3, -0.25) is 4.79 Å². The third-order valence-corrected chi connectivity index (χ3v) is 3.43. The summed E-state index contributed by atoms with van der Waals surface area (Å²) in [5, 5.41) is 0. The number of nitrogens with zero attached hydrogens (tertiary/aromatic N) is 1. The van der Waals surface area contributed by atoms with E-state index in [-0.39, 0.29) is 5.56 Å². The lowest BCUT2D eigenvalue weighted by Crippen LogP contribution is -2.27. The highest BCUT2D eigenvalue weighted by Crippen LogP contribution is 2.24. The first-order valence-electron chi connectivity index (χ1n) is 6.85. The highest BCUT2D eigenvalue weighted by Gasteiger charge is 2.09. The summed E-state index contributed by atoms with van der Waals surface area (Å²) >= 11 is 0. The first kappa shape index (κ1) is 13.2. The molecule has 0 saturated carbocycles. The fraction of sp³-hybridized carbons (Fsp3) is 0.0556. The quantitative estimate of drug-likeness (QED) is 0.796. The summed E-state index contributed by atoms with van der Waals surface area (Å²) in [6.45, 7) is 0. The van der Waals surface area contributed by atoms with E-state index in [4.69, 9.17) is 0 Å². The molecule has 0 atom stereocenters. The minimum Gasteiger partial charge on any atom is -0.326 e. The Morgan fingerprint density at radius 1 is 0.762 bits per heavy atom. The molecule has 0 saturated heterocycles. The minimum absolute atomic E-state index is 0.0716. The molecule has 0 aliphatic carbocycles. The van der Waals surface area contributed by atoms with Crippen molar-refractivity contribution >= 4 is 0 Å². The Labute approximate surface area is 123 Å². The maximum Gasteiger partial charge on any atom is 0.269 e. The number of aromatic nitrogens is 1. The van der Waals surface area contributed by atoms with E-state index < -0.39 is 0 Å². The van der Waals surface area contributed by atoms with Crippen LogP contribution in [0.15, 0.2) is 77.6 Å². The number of rotatable bonds is 3. The van der Waals surface area contributed by atoms with E-state index in [9.17, 15) is 4.79 Å². The first-order chi connectivity index (χ1) is 10.3. The highest BCUT2D eigenvalue weighted by atomic mass is 16.1. The van der Waals surface area contributed by atoms with Gasteiger partial charge in [0.25, 0.3) is 5.56 Å². The van der Waals surface area contributed by atoms with Gasteiger partial charge in [0.15, 0.2) is 0 Å². The van der Waals surface area contributed by atoms with Gasteiger partial charge in [0.1, 0.15) is 0 Å². The van der Waals surface area contributed by atoms with Crippen molar-refractivity contribution in [3.05, 3.63) is 83.2 Å². The van der Waals surface area contributed by atoms with Crippen molar-refractivity contribution in [3.8, 4) is 22.4 Å². The van der Waals surface area contributed by atoms with Crippen LogP contribution in [0.1, 0.15) is 0 Å². The third kappa shape index (κ3) is 2.58. The minimum atomic E-state index is -0.0716. The van der Waals surface area contributed by atoms with E-state index in [0.29, 0.717) is 0 Å². The smallest absolute Gasteiger partial charge is 0.269 e. The number of pyridine rings is 1. The molecule has 0 bridgehead atoms. The van der Waals surface area contributed by atoms with E-state index >= 15 is 0 Å². The number of hydrogen-bond acceptors (Lipinski definition) is 2. The van der Waals surface area contributed by atoms with Crippen LogP contribution in [0.4, 0.5) is 0 Å². The second-order valence-corrected chi connectivity index (χ2v) is 4.76. The largest absolute Gasteiger partial charge is 0.326 e. The van der Waals surface area contributed by atoms with Crippen molar-refractivity contribution in [1.29, 1.82) is 0 Å².